The lowest BCUT2D eigenvalue weighted by molar-refractivity contribution is -0.129. The van der Waals surface area contributed by atoms with Crippen LogP contribution in [0.15, 0.2) is 28.7 Å². The van der Waals surface area contributed by atoms with Crippen LogP contribution >= 0.6 is 27.5 Å². The van der Waals surface area contributed by atoms with Gasteiger partial charge in [-0.15, -0.1) is 11.6 Å². The van der Waals surface area contributed by atoms with Gasteiger partial charge < -0.3 is 4.90 Å². The van der Waals surface area contributed by atoms with Crippen LogP contribution in [0.5, 0.6) is 0 Å². The van der Waals surface area contributed by atoms with Gasteiger partial charge in [0.15, 0.2) is 0 Å². The van der Waals surface area contributed by atoms with Crippen molar-refractivity contribution < 1.29 is 4.79 Å². The summed E-state index contributed by atoms with van der Waals surface area (Å²) in [6.45, 7) is 2.84. The van der Waals surface area contributed by atoms with Gasteiger partial charge in [0.1, 0.15) is 0 Å². The monoisotopic (exact) mass is 315 g/mol. The molecule has 1 aliphatic rings. The molecule has 0 bridgehead atoms. The molecule has 4 heteroatoms. The summed E-state index contributed by atoms with van der Waals surface area (Å²) in [6, 6.07) is 8.24. The van der Waals surface area contributed by atoms with Gasteiger partial charge in [0.2, 0.25) is 5.91 Å². The summed E-state index contributed by atoms with van der Waals surface area (Å²) in [4.78, 5) is 13.8. The molecule has 0 spiro atoms. The zero-order chi connectivity index (χ0) is 12.4. The summed E-state index contributed by atoms with van der Waals surface area (Å²) >= 11 is 9.24. The van der Waals surface area contributed by atoms with Crippen molar-refractivity contribution >= 4 is 33.4 Å². The van der Waals surface area contributed by atoms with Gasteiger partial charge in [0.05, 0.1) is 6.04 Å². The summed E-state index contributed by atoms with van der Waals surface area (Å²) < 4.78 is 1.06. The smallest absolute Gasteiger partial charge is 0.223 e. The van der Waals surface area contributed by atoms with Crippen molar-refractivity contribution in [1.29, 1.82) is 0 Å². The highest BCUT2D eigenvalue weighted by molar-refractivity contribution is 9.10. The first-order valence-corrected chi connectivity index (χ1v) is 7.05. The van der Waals surface area contributed by atoms with Gasteiger partial charge in [0, 0.05) is 23.3 Å². The minimum absolute atomic E-state index is 0.129. The molecule has 1 saturated heterocycles. The standard InChI is InChI=1S/C13H15BrClNO/c1-9(11-2-4-12(14)5-3-11)16-8-10(7-15)6-13(16)17/h2-5,9-10H,6-8H2,1H3/t9-,10?/m0/s1. The summed E-state index contributed by atoms with van der Waals surface area (Å²) in [7, 11) is 0. The Kier molecular flexibility index (Phi) is 4.10. The van der Waals surface area contributed by atoms with Crippen LogP contribution in [-0.2, 0) is 4.79 Å². The van der Waals surface area contributed by atoms with Gasteiger partial charge in [0.25, 0.3) is 0 Å². The van der Waals surface area contributed by atoms with E-state index in [-0.39, 0.29) is 11.9 Å². The van der Waals surface area contributed by atoms with Gasteiger partial charge in [-0.1, -0.05) is 28.1 Å². The van der Waals surface area contributed by atoms with Crippen LogP contribution in [0.3, 0.4) is 0 Å². The average molecular weight is 317 g/mol. The average Bonchev–Trinajstić information content (AvgIpc) is 2.71. The number of rotatable bonds is 3. The van der Waals surface area contributed by atoms with Crippen molar-refractivity contribution in [3.05, 3.63) is 34.3 Å². The number of hydrogen-bond donors (Lipinski definition) is 0. The predicted octanol–water partition coefficient (Wildman–Crippen LogP) is 3.60. The van der Waals surface area contributed by atoms with Gasteiger partial charge in [-0.05, 0) is 30.5 Å². The van der Waals surface area contributed by atoms with E-state index in [0.29, 0.717) is 18.2 Å². The van der Waals surface area contributed by atoms with E-state index in [0.717, 1.165) is 16.6 Å². The third-order valence-corrected chi connectivity index (χ3v) is 4.24. The first-order valence-electron chi connectivity index (χ1n) is 5.72. The van der Waals surface area contributed by atoms with Crippen molar-refractivity contribution in [3.8, 4) is 0 Å². The lowest BCUT2D eigenvalue weighted by atomic mass is 10.1. The minimum Gasteiger partial charge on any atom is -0.336 e. The number of halogens is 2. The number of benzene rings is 1. The third kappa shape index (κ3) is 2.83. The molecule has 1 aromatic carbocycles. The Labute approximate surface area is 115 Å². The summed E-state index contributed by atoms with van der Waals surface area (Å²) in [5.41, 5.74) is 1.16. The molecule has 2 atom stereocenters. The molecule has 1 amide bonds. The molecule has 0 N–H and O–H groups in total. The lowest BCUT2D eigenvalue weighted by Gasteiger charge is -2.25. The molecule has 1 aromatic rings. The fraction of sp³-hybridized carbons (Fsp3) is 0.462. The second-order valence-corrected chi connectivity index (χ2v) is 5.72. The van der Waals surface area contributed by atoms with E-state index in [1.54, 1.807) is 0 Å². The quantitative estimate of drug-likeness (QED) is 0.780. The predicted molar refractivity (Wildman–Crippen MR) is 73.1 cm³/mol. The van der Waals surface area contributed by atoms with E-state index < -0.39 is 0 Å². The molecule has 1 fully saturated rings. The van der Waals surface area contributed by atoms with E-state index in [1.165, 1.54) is 0 Å². The summed E-state index contributed by atoms with van der Waals surface area (Å²) in [5.74, 6) is 1.09. The molecule has 0 aromatic heterocycles. The normalized spacial score (nSPS) is 21.9. The van der Waals surface area contributed by atoms with Gasteiger partial charge in [-0.25, -0.2) is 0 Å². The Hall–Kier alpha value is -0.540. The van der Waals surface area contributed by atoms with E-state index in [4.69, 9.17) is 11.6 Å². The number of alkyl halides is 1. The maximum Gasteiger partial charge on any atom is 0.223 e. The van der Waals surface area contributed by atoms with Crippen molar-refractivity contribution in [1.82, 2.24) is 4.90 Å². The second kappa shape index (κ2) is 5.40. The molecule has 2 nitrogen and oxygen atoms in total. The highest BCUT2D eigenvalue weighted by atomic mass is 79.9. The van der Waals surface area contributed by atoms with Crippen LogP contribution in [0.4, 0.5) is 0 Å². The van der Waals surface area contributed by atoms with Crippen molar-refractivity contribution in [2.24, 2.45) is 5.92 Å². The SMILES string of the molecule is C[C@@H](c1ccc(Br)cc1)N1CC(CCl)CC1=O. The minimum atomic E-state index is 0.129. The number of carbonyl (C=O) groups is 1. The van der Waals surface area contributed by atoms with Gasteiger partial charge in [-0.2, -0.15) is 0 Å². The Morgan fingerprint density at radius 1 is 1.47 bits per heavy atom. The maximum atomic E-state index is 11.9. The fourth-order valence-corrected chi connectivity index (χ4v) is 2.68. The molecule has 1 unspecified atom stereocenters. The highest BCUT2D eigenvalue weighted by Crippen LogP contribution is 2.29. The molecule has 1 aliphatic heterocycles. The van der Waals surface area contributed by atoms with E-state index >= 15 is 0 Å². The number of likely N-dealkylation sites (tertiary alicyclic amines) is 1. The van der Waals surface area contributed by atoms with E-state index in [1.807, 2.05) is 17.0 Å². The Balaban J connectivity index is 2.12. The first kappa shape index (κ1) is 12.9. The largest absolute Gasteiger partial charge is 0.336 e. The number of carbonyl (C=O) groups excluding carboxylic acids is 1. The van der Waals surface area contributed by atoms with Crippen LogP contribution in [0.25, 0.3) is 0 Å². The molecule has 17 heavy (non-hydrogen) atoms. The van der Waals surface area contributed by atoms with E-state index in [2.05, 4.69) is 35.0 Å². The molecule has 2 rings (SSSR count). The highest BCUT2D eigenvalue weighted by Gasteiger charge is 2.32. The van der Waals surface area contributed by atoms with Gasteiger partial charge in [-0.3, -0.25) is 4.79 Å². The number of hydrogen-bond acceptors (Lipinski definition) is 1. The van der Waals surface area contributed by atoms with Crippen molar-refractivity contribution in [2.45, 2.75) is 19.4 Å². The maximum absolute atomic E-state index is 11.9. The summed E-state index contributed by atoms with van der Waals surface area (Å²) in [6.07, 6.45) is 0.588. The van der Waals surface area contributed by atoms with Crippen LogP contribution in [0.2, 0.25) is 0 Å². The lowest BCUT2D eigenvalue weighted by Crippen LogP contribution is -2.28. The first-order chi connectivity index (χ1) is 8.11. The molecular formula is C13H15BrClNO. The zero-order valence-electron chi connectivity index (χ0n) is 9.70. The molecule has 1 heterocycles. The van der Waals surface area contributed by atoms with Crippen molar-refractivity contribution in [3.63, 3.8) is 0 Å². The second-order valence-electron chi connectivity index (χ2n) is 4.50. The third-order valence-electron chi connectivity index (χ3n) is 3.28. The topological polar surface area (TPSA) is 20.3 Å². The Morgan fingerprint density at radius 2 is 2.12 bits per heavy atom. The molecule has 0 radical (unpaired) electrons. The van der Waals surface area contributed by atoms with Gasteiger partial charge >= 0.3 is 0 Å². The van der Waals surface area contributed by atoms with Crippen LogP contribution < -0.4 is 0 Å². The Bertz CT molecular complexity index is 406. The molecule has 0 aliphatic carbocycles. The van der Waals surface area contributed by atoms with Crippen LogP contribution in [-0.4, -0.2) is 23.2 Å². The molecular weight excluding hydrogens is 302 g/mol. The number of amides is 1. The van der Waals surface area contributed by atoms with E-state index in [9.17, 15) is 4.79 Å². The Morgan fingerprint density at radius 3 is 2.65 bits per heavy atom. The van der Waals surface area contributed by atoms with Crippen LogP contribution in [0, 0.1) is 5.92 Å². The fourth-order valence-electron chi connectivity index (χ4n) is 2.21. The zero-order valence-corrected chi connectivity index (χ0v) is 12.0. The number of nitrogens with zero attached hydrogens (tertiary/aromatic N) is 1. The summed E-state index contributed by atoms with van der Waals surface area (Å²) in [5, 5.41) is 0. The van der Waals surface area contributed by atoms with Crippen LogP contribution in [0.1, 0.15) is 24.9 Å². The molecule has 92 valence electrons. The van der Waals surface area contributed by atoms with Crippen molar-refractivity contribution in [2.75, 3.05) is 12.4 Å². The molecule has 0 saturated carbocycles.